The second-order valence-electron chi connectivity index (χ2n) is 3.43. The van der Waals surface area contributed by atoms with E-state index in [9.17, 15) is 9.90 Å². The molecule has 1 aromatic rings. The maximum atomic E-state index is 12.1. The molecule has 0 heterocycles. The minimum atomic E-state index is -0.191. The Bertz CT molecular complexity index is 395. The second kappa shape index (κ2) is 6.49. The number of para-hydroxylation sites is 1. The van der Waals surface area contributed by atoms with Crippen LogP contribution in [0.15, 0.2) is 18.2 Å². The average Bonchev–Trinajstić information content (AvgIpc) is 2.35. The van der Waals surface area contributed by atoms with Gasteiger partial charge in [-0.15, -0.1) is 0 Å². The van der Waals surface area contributed by atoms with Crippen molar-refractivity contribution in [1.82, 2.24) is 4.90 Å². The molecule has 0 atom stereocenters. The molecular weight excluding hydrogens is 286 g/mol. The number of carbonyl (C=O) groups excluding carboxylic acids is 1. The van der Waals surface area contributed by atoms with E-state index in [-0.39, 0.29) is 17.2 Å². The lowest BCUT2D eigenvalue weighted by Gasteiger charge is -2.20. The van der Waals surface area contributed by atoms with Gasteiger partial charge in [-0.05, 0) is 19.1 Å². The van der Waals surface area contributed by atoms with E-state index < -0.39 is 0 Å². The van der Waals surface area contributed by atoms with Crippen LogP contribution in [-0.4, -0.2) is 41.4 Å². The van der Waals surface area contributed by atoms with Crippen molar-refractivity contribution in [2.45, 2.75) is 6.92 Å². The molecule has 17 heavy (non-hydrogen) atoms. The van der Waals surface area contributed by atoms with Gasteiger partial charge in [0.25, 0.3) is 5.91 Å². The number of hydrogen-bond acceptors (Lipinski definition) is 3. The van der Waals surface area contributed by atoms with Gasteiger partial charge in [-0.2, -0.15) is 0 Å². The molecule has 0 aliphatic carbocycles. The van der Waals surface area contributed by atoms with Gasteiger partial charge in [0.2, 0.25) is 0 Å². The highest BCUT2D eigenvalue weighted by molar-refractivity contribution is 9.09. The standard InChI is InChI=1S/C12H16BrNO3/c1-3-14(8-7-13)12(16)9-5-4-6-10(17-2)11(9)15/h4-6,15H,3,7-8H2,1-2H3. The number of ether oxygens (including phenoxy) is 1. The first-order chi connectivity index (χ1) is 8.15. The van der Waals surface area contributed by atoms with Crippen molar-refractivity contribution in [3.05, 3.63) is 23.8 Å². The molecule has 0 saturated heterocycles. The molecule has 1 amide bonds. The van der Waals surface area contributed by atoms with Crippen LogP contribution in [0.5, 0.6) is 11.5 Å². The zero-order valence-corrected chi connectivity index (χ0v) is 11.5. The molecule has 0 aliphatic rings. The van der Waals surface area contributed by atoms with Crippen LogP contribution >= 0.6 is 15.9 Å². The molecule has 5 heteroatoms. The highest BCUT2D eigenvalue weighted by Gasteiger charge is 2.19. The number of amides is 1. The van der Waals surface area contributed by atoms with E-state index in [4.69, 9.17) is 4.74 Å². The summed E-state index contributed by atoms with van der Waals surface area (Å²) in [7, 11) is 1.46. The van der Waals surface area contributed by atoms with Crippen LogP contribution < -0.4 is 4.74 Å². The Morgan fingerprint density at radius 1 is 1.53 bits per heavy atom. The van der Waals surface area contributed by atoms with Gasteiger partial charge in [0.1, 0.15) is 0 Å². The van der Waals surface area contributed by atoms with Crippen molar-refractivity contribution in [3.8, 4) is 11.5 Å². The summed E-state index contributed by atoms with van der Waals surface area (Å²) in [5, 5.41) is 10.6. The quantitative estimate of drug-likeness (QED) is 0.849. The van der Waals surface area contributed by atoms with Gasteiger partial charge in [0.15, 0.2) is 11.5 Å². The number of halogens is 1. The Balaban J connectivity index is 3.02. The molecule has 0 unspecified atom stereocenters. The summed E-state index contributed by atoms with van der Waals surface area (Å²) in [6.07, 6.45) is 0. The van der Waals surface area contributed by atoms with Crippen LogP contribution in [0.3, 0.4) is 0 Å². The van der Waals surface area contributed by atoms with Gasteiger partial charge < -0.3 is 14.7 Å². The summed E-state index contributed by atoms with van der Waals surface area (Å²) < 4.78 is 4.98. The lowest BCUT2D eigenvalue weighted by molar-refractivity contribution is 0.0771. The van der Waals surface area contributed by atoms with Crippen molar-refractivity contribution < 1.29 is 14.6 Å². The first kappa shape index (κ1) is 13.8. The highest BCUT2D eigenvalue weighted by Crippen LogP contribution is 2.30. The molecule has 0 fully saturated rings. The number of benzene rings is 1. The van der Waals surface area contributed by atoms with Crippen LogP contribution in [-0.2, 0) is 0 Å². The number of phenolic OH excluding ortho intramolecular Hbond substituents is 1. The molecule has 0 spiro atoms. The lowest BCUT2D eigenvalue weighted by atomic mass is 10.1. The van der Waals surface area contributed by atoms with Gasteiger partial charge in [-0.1, -0.05) is 22.0 Å². The maximum Gasteiger partial charge on any atom is 0.257 e. The topological polar surface area (TPSA) is 49.8 Å². The maximum absolute atomic E-state index is 12.1. The van der Waals surface area contributed by atoms with Crippen LogP contribution in [0, 0.1) is 0 Å². The van der Waals surface area contributed by atoms with Gasteiger partial charge in [0.05, 0.1) is 12.7 Å². The fourth-order valence-electron chi connectivity index (χ4n) is 1.54. The number of carbonyl (C=O) groups is 1. The highest BCUT2D eigenvalue weighted by atomic mass is 79.9. The predicted octanol–water partition coefficient (Wildman–Crippen LogP) is 2.26. The molecule has 0 radical (unpaired) electrons. The number of aromatic hydroxyl groups is 1. The van der Waals surface area contributed by atoms with E-state index in [2.05, 4.69) is 15.9 Å². The number of hydrogen-bond donors (Lipinski definition) is 1. The third-order valence-electron chi connectivity index (χ3n) is 2.47. The fraction of sp³-hybridized carbons (Fsp3) is 0.417. The zero-order chi connectivity index (χ0) is 12.8. The minimum absolute atomic E-state index is 0.104. The Hall–Kier alpha value is -1.23. The first-order valence-electron chi connectivity index (χ1n) is 5.36. The number of methoxy groups -OCH3 is 1. The number of rotatable bonds is 5. The second-order valence-corrected chi connectivity index (χ2v) is 4.22. The van der Waals surface area contributed by atoms with Gasteiger partial charge in [0, 0.05) is 18.4 Å². The molecule has 0 aromatic heterocycles. The third kappa shape index (κ3) is 3.12. The van der Waals surface area contributed by atoms with E-state index in [1.807, 2.05) is 6.92 Å². The summed E-state index contributed by atoms with van der Waals surface area (Å²) in [4.78, 5) is 13.8. The first-order valence-corrected chi connectivity index (χ1v) is 6.49. The minimum Gasteiger partial charge on any atom is -0.504 e. The molecule has 0 bridgehead atoms. The number of nitrogens with zero attached hydrogens (tertiary/aromatic N) is 1. The Kier molecular flexibility index (Phi) is 5.28. The van der Waals surface area contributed by atoms with Crippen LogP contribution in [0.2, 0.25) is 0 Å². The van der Waals surface area contributed by atoms with Crippen LogP contribution in [0.1, 0.15) is 17.3 Å². The molecule has 1 aromatic carbocycles. The van der Waals surface area contributed by atoms with Crippen molar-refractivity contribution in [2.24, 2.45) is 0 Å². The van der Waals surface area contributed by atoms with E-state index in [0.717, 1.165) is 0 Å². The Morgan fingerprint density at radius 3 is 2.76 bits per heavy atom. The van der Waals surface area contributed by atoms with Crippen LogP contribution in [0.4, 0.5) is 0 Å². The molecule has 0 saturated carbocycles. The molecule has 4 nitrogen and oxygen atoms in total. The van der Waals surface area contributed by atoms with Gasteiger partial charge in [-0.25, -0.2) is 0 Å². The van der Waals surface area contributed by atoms with Crippen molar-refractivity contribution >= 4 is 21.8 Å². The Morgan fingerprint density at radius 2 is 2.24 bits per heavy atom. The third-order valence-corrected chi connectivity index (χ3v) is 2.83. The van der Waals surface area contributed by atoms with E-state index >= 15 is 0 Å². The fourth-order valence-corrected chi connectivity index (χ4v) is 1.96. The summed E-state index contributed by atoms with van der Waals surface area (Å²) >= 11 is 3.30. The Labute approximate surface area is 109 Å². The molecule has 0 aliphatic heterocycles. The van der Waals surface area contributed by atoms with Crippen LogP contribution in [0.25, 0.3) is 0 Å². The summed E-state index contributed by atoms with van der Waals surface area (Å²) in [5.74, 6) is 0.0158. The van der Waals surface area contributed by atoms with E-state index in [1.165, 1.54) is 7.11 Å². The number of phenols is 1. The molecule has 1 N–H and O–H groups in total. The summed E-state index contributed by atoms with van der Waals surface area (Å²) in [6, 6.07) is 4.90. The SMILES string of the molecule is CCN(CCBr)C(=O)c1cccc(OC)c1O. The lowest BCUT2D eigenvalue weighted by Crippen LogP contribution is -2.32. The van der Waals surface area contributed by atoms with Crippen molar-refractivity contribution in [3.63, 3.8) is 0 Å². The largest absolute Gasteiger partial charge is 0.504 e. The monoisotopic (exact) mass is 301 g/mol. The van der Waals surface area contributed by atoms with Crippen molar-refractivity contribution in [1.29, 1.82) is 0 Å². The molecule has 94 valence electrons. The normalized spacial score (nSPS) is 10.1. The molecular formula is C12H16BrNO3. The van der Waals surface area contributed by atoms with Gasteiger partial charge >= 0.3 is 0 Å². The zero-order valence-electron chi connectivity index (χ0n) is 9.94. The number of alkyl halides is 1. The van der Waals surface area contributed by atoms with Crippen molar-refractivity contribution in [2.75, 3.05) is 25.5 Å². The predicted molar refractivity (Wildman–Crippen MR) is 70.0 cm³/mol. The van der Waals surface area contributed by atoms with E-state index in [0.29, 0.717) is 24.2 Å². The smallest absolute Gasteiger partial charge is 0.257 e. The molecule has 1 rings (SSSR count). The average molecular weight is 302 g/mol. The summed E-state index contributed by atoms with van der Waals surface area (Å²) in [5.41, 5.74) is 0.271. The van der Waals surface area contributed by atoms with Gasteiger partial charge in [-0.3, -0.25) is 4.79 Å². The summed E-state index contributed by atoms with van der Waals surface area (Å²) in [6.45, 7) is 3.10. The van der Waals surface area contributed by atoms with E-state index in [1.54, 1.807) is 23.1 Å².